The molecule has 2 heterocycles. The van der Waals surface area contributed by atoms with Crippen LogP contribution in [-0.2, 0) is 11.3 Å². The molecule has 0 unspecified atom stereocenters. The van der Waals surface area contributed by atoms with Crippen LogP contribution in [0.2, 0.25) is 5.02 Å². The molecule has 1 amide bonds. The van der Waals surface area contributed by atoms with Crippen LogP contribution in [0.4, 0.5) is 5.69 Å². The Morgan fingerprint density at radius 3 is 2.91 bits per heavy atom. The summed E-state index contributed by atoms with van der Waals surface area (Å²) >= 11 is 5.82. The van der Waals surface area contributed by atoms with E-state index in [2.05, 4.69) is 5.32 Å². The van der Waals surface area contributed by atoms with Gasteiger partial charge in [-0.05, 0) is 24.3 Å². The van der Waals surface area contributed by atoms with Gasteiger partial charge >= 0.3 is 0 Å². The van der Waals surface area contributed by atoms with Crippen LogP contribution in [0, 0.1) is 0 Å². The fraction of sp³-hybridized carbons (Fsp3) is 0.133. The molecule has 2 aromatic rings. The molecule has 1 aromatic heterocycles. The molecule has 22 heavy (non-hydrogen) atoms. The minimum atomic E-state index is -0.313. The smallest absolute Gasteiger partial charge is 0.262 e. The molecule has 3 rings (SSSR count). The molecule has 1 N–H and O–H groups in total. The highest BCUT2D eigenvalue weighted by atomic mass is 35.5. The number of fused-ring (bicyclic) bond motifs is 1. The van der Waals surface area contributed by atoms with E-state index in [4.69, 9.17) is 16.3 Å². The predicted octanol–water partition coefficient (Wildman–Crippen LogP) is 1.72. The van der Waals surface area contributed by atoms with E-state index in [1.54, 1.807) is 12.1 Å². The van der Waals surface area contributed by atoms with Crippen molar-refractivity contribution in [3.05, 3.63) is 57.5 Å². The Hall–Kier alpha value is -2.60. The number of anilines is 1. The second kappa shape index (κ2) is 5.65. The number of benzene rings is 1. The Balaban J connectivity index is 1.86. The van der Waals surface area contributed by atoms with Crippen molar-refractivity contribution in [2.45, 2.75) is 6.54 Å². The lowest BCUT2D eigenvalue weighted by atomic mass is 10.1. The van der Waals surface area contributed by atoms with Crippen LogP contribution in [0.25, 0.3) is 0 Å². The maximum atomic E-state index is 12.3. The number of nitrogens with zero attached hydrogens (tertiary/aromatic N) is 1. The van der Waals surface area contributed by atoms with Gasteiger partial charge in [0.1, 0.15) is 5.75 Å². The number of ketones is 1. The number of carbonyl (C=O) groups excluding carboxylic acids is 2. The van der Waals surface area contributed by atoms with Gasteiger partial charge in [-0.1, -0.05) is 11.6 Å². The van der Waals surface area contributed by atoms with Crippen LogP contribution < -0.4 is 15.6 Å². The predicted molar refractivity (Wildman–Crippen MR) is 80.6 cm³/mol. The molecular weight excluding hydrogens is 308 g/mol. The second-order valence-electron chi connectivity index (χ2n) is 4.78. The monoisotopic (exact) mass is 318 g/mol. The van der Waals surface area contributed by atoms with E-state index < -0.39 is 0 Å². The van der Waals surface area contributed by atoms with E-state index in [1.165, 1.54) is 29.0 Å². The van der Waals surface area contributed by atoms with E-state index >= 15 is 0 Å². The summed E-state index contributed by atoms with van der Waals surface area (Å²) in [5, 5.41) is 3.01. The first-order valence-corrected chi connectivity index (χ1v) is 6.86. The van der Waals surface area contributed by atoms with E-state index in [-0.39, 0.29) is 30.4 Å². The normalized spacial score (nSPS) is 13.0. The summed E-state index contributed by atoms with van der Waals surface area (Å²) in [4.78, 5) is 35.3. The van der Waals surface area contributed by atoms with Crippen molar-refractivity contribution >= 4 is 29.0 Å². The lowest BCUT2D eigenvalue weighted by Gasteiger charge is -2.18. The zero-order valence-electron chi connectivity index (χ0n) is 11.3. The average molecular weight is 319 g/mol. The summed E-state index contributed by atoms with van der Waals surface area (Å²) in [7, 11) is 0. The topological polar surface area (TPSA) is 77.4 Å². The van der Waals surface area contributed by atoms with Gasteiger partial charge in [0.25, 0.3) is 11.5 Å². The average Bonchev–Trinajstić information content (AvgIpc) is 2.50. The Morgan fingerprint density at radius 1 is 1.27 bits per heavy atom. The molecule has 7 heteroatoms. The Labute approximate surface area is 130 Å². The standard InChI is InChI=1S/C15H11ClN2O4/c16-10-2-4-15(21)18(6-10)7-12(19)9-1-3-13-11(5-9)17-14(20)8-22-13/h1-6H,7-8H2,(H,17,20). The minimum absolute atomic E-state index is 0.0435. The maximum absolute atomic E-state index is 12.3. The highest BCUT2D eigenvalue weighted by molar-refractivity contribution is 6.30. The highest BCUT2D eigenvalue weighted by Gasteiger charge is 2.18. The van der Waals surface area contributed by atoms with Crippen LogP contribution in [0.3, 0.4) is 0 Å². The molecule has 1 aliphatic rings. The molecule has 0 atom stereocenters. The third-order valence-corrected chi connectivity index (χ3v) is 3.42. The third kappa shape index (κ3) is 2.87. The zero-order valence-corrected chi connectivity index (χ0v) is 12.1. The fourth-order valence-electron chi connectivity index (χ4n) is 2.13. The van der Waals surface area contributed by atoms with Gasteiger partial charge in [-0.25, -0.2) is 0 Å². The fourth-order valence-corrected chi connectivity index (χ4v) is 2.31. The lowest BCUT2D eigenvalue weighted by molar-refractivity contribution is -0.118. The lowest BCUT2D eigenvalue weighted by Crippen LogP contribution is -2.26. The number of Topliss-reactive ketones (excluding diaryl/α,β-unsaturated/α-hetero) is 1. The maximum Gasteiger partial charge on any atom is 0.262 e. The van der Waals surface area contributed by atoms with Crippen molar-refractivity contribution < 1.29 is 14.3 Å². The van der Waals surface area contributed by atoms with Crippen LogP contribution in [0.1, 0.15) is 10.4 Å². The molecule has 1 aromatic carbocycles. The minimum Gasteiger partial charge on any atom is -0.482 e. The van der Waals surface area contributed by atoms with E-state index in [1.807, 2.05) is 0 Å². The molecule has 0 bridgehead atoms. The van der Waals surface area contributed by atoms with Gasteiger partial charge in [0.05, 0.1) is 17.3 Å². The van der Waals surface area contributed by atoms with Gasteiger partial charge in [0.15, 0.2) is 12.4 Å². The van der Waals surface area contributed by atoms with Crippen molar-refractivity contribution in [1.82, 2.24) is 4.57 Å². The number of rotatable bonds is 3. The molecule has 6 nitrogen and oxygen atoms in total. The number of hydrogen-bond donors (Lipinski definition) is 1. The van der Waals surface area contributed by atoms with Gasteiger partial charge in [0, 0.05) is 17.8 Å². The van der Waals surface area contributed by atoms with Gasteiger partial charge in [-0.15, -0.1) is 0 Å². The Kier molecular flexibility index (Phi) is 3.68. The SMILES string of the molecule is O=C1COc2ccc(C(=O)Cn3cc(Cl)ccc3=O)cc2N1. The van der Waals surface area contributed by atoms with Gasteiger partial charge < -0.3 is 14.6 Å². The van der Waals surface area contributed by atoms with Gasteiger partial charge in [-0.2, -0.15) is 0 Å². The molecule has 1 aliphatic heterocycles. The van der Waals surface area contributed by atoms with Gasteiger partial charge in [-0.3, -0.25) is 14.4 Å². The van der Waals surface area contributed by atoms with Crippen LogP contribution in [-0.4, -0.2) is 22.9 Å². The van der Waals surface area contributed by atoms with Crippen molar-refractivity contribution in [2.24, 2.45) is 0 Å². The molecule has 0 spiro atoms. The molecule has 0 fully saturated rings. The van der Waals surface area contributed by atoms with E-state index in [0.717, 1.165) is 0 Å². The first kappa shape index (κ1) is 14.3. The first-order valence-electron chi connectivity index (χ1n) is 6.49. The van der Waals surface area contributed by atoms with E-state index in [0.29, 0.717) is 22.0 Å². The van der Waals surface area contributed by atoms with Crippen LogP contribution in [0.5, 0.6) is 5.75 Å². The summed E-state index contributed by atoms with van der Waals surface area (Å²) in [6.07, 6.45) is 1.41. The number of nitrogens with one attached hydrogen (secondary N) is 1. The summed E-state index contributed by atoms with van der Waals surface area (Å²) in [6, 6.07) is 7.51. The molecule has 0 saturated carbocycles. The molecule has 0 saturated heterocycles. The molecule has 112 valence electrons. The number of aromatic nitrogens is 1. The number of ether oxygens (including phenoxy) is 1. The second-order valence-corrected chi connectivity index (χ2v) is 5.22. The van der Waals surface area contributed by atoms with Crippen molar-refractivity contribution in [3.8, 4) is 5.75 Å². The largest absolute Gasteiger partial charge is 0.482 e. The van der Waals surface area contributed by atoms with E-state index in [9.17, 15) is 14.4 Å². The number of halogens is 1. The van der Waals surface area contributed by atoms with Crippen LogP contribution >= 0.6 is 11.6 Å². The number of amides is 1. The van der Waals surface area contributed by atoms with Crippen molar-refractivity contribution in [2.75, 3.05) is 11.9 Å². The summed E-state index contributed by atoms with van der Waals surface area (Å²) < 4.78 is 6.46. The first-order chi connectivity index (χ1) is 10.5. The zero-order chi connectivity index (χ0) is 15.7. The quantitative estimate of drug-likeness (QED) is 0.874. The summed E-state index contributed by atoms with van der Waals surface area (Å²) in [5.74, 6) is -0.0359. The Bertz CT molecular complexity index is 829. The number of pyridine rings is 1. The highest BCUT2D eigenvalue weighted by Crippen LogP contribution is 2.28. The number of hydrogen-bond acceptors (Lipinski definition) is 4. The van der Waals surface area contributed by atoms with Crippen LogP contribution in [0.15, 0.2) is 41.3 Å². The Morgan fingerprint density at radius 2 is 2.09 bits per heavy atom. The summed E-state index contributed by atoms with van der Waals surface area (Å²) in [6.45, 7) is -0.175. The molecular formula is C15H11ClN2O4. The number of carbonyl (C=O) groups is 2. The van der Waals surface area contributed by atoms with Gasteiger partial charge in [0.2, 0.25) is 0 Å². The molecule has 0 aliphatic carbocycles. The third-order valence-electron chi connectivity index (χ3n) is 3.20. The van der Waals surface area contributed by atoms with Crippen molar-refractivity contribution in [1.29, 1.82) is 0 Å². The van der Waals surface area contributed by atoms with Crippen molar-refractivity contribution in [3.63, 3.8) is 0 Å². The summed E-state index contributed by atoms with van der Waals surface area (Å²) in [5.41, 5.74) is 0.504. The molecule has 0 radical (unpaired) electrons.